The van der Waals surface area contributed by atoms with Crippen molar-refractivity contribution in [3.05, 3.63) is 35.4 Å². The third kappa shape index (κ3) is 6.31. The van der Waals surface area contributed by atoms with Gasteiger partial charge in [-0.3, -0.25) is 14.5 Å². The fraction of sp³-hybridized carbons (Fsp3) is 0.680. The number of carbonyl (C=O) groups excluding carboxylic acids is 2. The topological polar surface area (TPSA) is 52.7 Å². The Morgan fingerprint density at radius 2 is 1.67 bits per heavy atom. The molecule has 2 aliphatic rings. The Labute approximate surface area is 182 Å². The fourth-order valence-corrected chi connectivity index (χ4v) is 5.03. The van der Waals surface area contributed by atoms with Gasteiger partial charge in [-0.05, 0) is 42.2 Å². The van der Waals surface area contributed by atoms with Crippen molar-refractivity contribution in [2.24, 2.45) is 23.7 Å². The molecule has 5 nitrogen and oxygen atoms in total. The van der Waals surface area contributed by atoms with Gasteiger partial charge in [0, 0.05) is 45.2 Å². The van der Waals surface area contributed by atoms with Crippen LogP contribution in [0.2, 0.25) is 0 Å². The van der Waals surface area contributed by atoms with Gasteiger partial charge in [0.1, 0.15) is 0 Å². The van der Waals surface area contributed by atoms with Crippen LogP contribution in [-0.2, 0) is 22.7 Å². The lowest BCUT2D eigenvalue weighted by Gasteiger charge is -2.35. The number of nitrogens with zero attached hydrogens (tertiary/aromatic N) is 2. The van der Waals surface area contributed by atoms with Crippen molar-refractivity contribution in [2.45, 2.75) is 60.0 Å². The minimum Gasteiger partial charge on any atom is -0.352 e. The van der Waals surface area contributed by atoms with Crippen LogP contribution < -0.4 is 5.32 Å². The first-order valence-corrected chi connectivity index (χ1v) is 11.7. The van der Waals surface area contributed by atoms with Crippen LogP contribution in [-0.4, -0.2) is 47.8 Å². The summed E-state index contributed by atoms with van der Waals surface area (Å²) in [6.07, 6.45) is 3.10. The van der Waals surface area contributed by atoms with Crippen molar-refractivity contribution in [3.8, 4) is 0 Å². The van der Waals surface area contributed by atoms with Crippen LogP contribution in [0, 0.1) is 23.7 Å². The summed E-state index contributed by atoms with van der Waals surface area (Å²) in [5.41, 5.74) is 2.46. The number of carbonyl (C=O) groups is 2. The first-order valence-electron chi connectivity index (χ1n) is 11.7. The number of hydrogen-bond donors (Lipinski definition) is 1. The van der Waals surface area contributed by atoms with Gasteiger partial charge >= 0.3 is 0 Å². The quantitative estimate of drug-likeness (QED) is 0.774. The Morgan fingerprint density at radius 3 is 2.30 bits per heavy atom. The highest BCUT2D eigenvalue weighted by Gasteiger charge is 2.29. The molecule has 0 spiro atoms. The molecule has 0 aliphatic carbocycles. The second-order valence-corrected chi connectivity index (χ2v) is 9.95. The molecule has 166 valence electrons. The van der Waals surface area contributed by atoms with E-state index in [1.807, 2.05) is 18.7 Å². The van der Waals surface area contributed by atoms with E-state index in [2.05, 4.69) is 48.3 Å². The van der Waals surface area contributed by atoms with Crippen molar-refractivity contribution in [1.29, 1.82) is 0 Å². The van der Waals surface area contributed by atoms with E-state index in [1.54, 1.807) is 0 Å². The van der Waals surface area contributed by atoms with Gasteiger partial charge in [-0.2, -0.15) is 0 Å². The molecule has 0 radical (unpaired) electrons. The van der Waals surface area contributed by atoms with Crippen LogP contribution in [0.3, 0.4) is 0 Å². The van der Waals surface area contributed by atoms with E-state index in [1.165, 1.54) is 25.1 Å². The fourth-order valence-electron chi connectivity index (χ4n) is 5.03. The van der Waals surface area contributed by atoms with Crippen molar-refractivity contribution in [3.63, 3.8) is 0 Å². The third-order valence-electron chi connectivity index (χ3n) is 6.44. The highest BCUT2D eigenvalue weighted by Crippen LogP contribution is 2.23. The molecule has 1 aromatic carbocycles. The van der Waals surface area contributed by atoms with Crippen molar-refractivity contribution >= 4 is 11.8 Å². The molecule has 2 saturated heterocycles. The summed E-state index contributed by atoms with van der Waals surface area (Å²) in [7, 11) is 0. The van der Waals surface area contributed by atoms with Crippen molar-refractivity contribution < 1.29 is 9.59 Å². The molecular formula is C25H39N3O2. The Kier molecular flexibility index (Phi) is 7.93. The SMILES string of the molecule is CC(C)C(=O)N1CCC[C@@H](C(=O)NCc2ccc(CN3C[C@H](C)C[C@H](C)C3)cc2)C1. The zero-order valence-electron chi connectivity index (χ0n) is 19.2. The molecule has 30 heavy (non-hydrogen) atoms. The number of likely N-dealkylation sites (tertiary alicyclic amines) is 2. The Bertz CT molecular complexity index is 706. The van der Waals surface area contributed by atoms with Gasteiger partial charge in [0.2, 0.25) is 11.8 Å². The first-order chi connectivity index (χ1) is 14.3. The highest BCUT2D eigenvalue weighted by molar-refractivity contribution is 5.82. The molecule has 2 amide bonds. The molecule has 2 heterocycles. The third-order valence-corrected chi connectivity index (χ3v) is 6.44. The number of benzene rings is 1. The Balaban J connectivity index is 1.46. The van der Waals surface area contributed by atoms with E-state index in [-0.39, 0.29) is 23.7 Å². The monoisotopic (exact) mass is 413 g/mol. The Hall–Kier alpha value is -1.88. The summed E-state index contributed by atoms with van der Waals surface area (Å²) >= 11 is 0. The lowest BCUT2D eigenvalue weighted by Crippen LogP contribution is -2.46. The van der Waals surface area contributed by atoms with Crippen LogP contribution in [0.5, 0.6) is 0 Å². The maximum absolute atomic E-state index is 12.6. The second-order valence-electron chi connectivity index (χ2n) is 9.95. The van der Waals surface area contributed by atoms with Gasteiger partial charge in [-0.25, -0.2) is 0 Å². The molecule has 0 saturated carbocycles. The van der Waals surface area contributed by atoms with Crippen LogP contribution in [0.1, 0.15) is 58.1 Å². The molecule has 2 fully saturated rings. The average Bonchev–Trinajstić information content (AvgIpc) is 2.71. The van der Waals surface area contributed by atoms with Gasteiger partial charge in [0.15, 0.2) is 0 Å². The average molecular weight is 414 g/mol. The van der Waals surface area contributed by atoms with E-state index in [0.717, 1.165) is 43.3 Å². The second kappa shape index (κ2) is 10.4. The summed E-state index contributed by atoms with van der Waals surface area (Å²) in [5.74, 6) is 1.66. The molecule has 1 N–H and O–H groups in total. The largest absolute Gasteiger partial charge is 0.352 e. The Morgan fingerprint density at radius 1 is 1.03 bits per heavy atom. The summed E-state index contributed by atoms with van der Waals surface area (Å²) in [5, 5.41) is 3.08. The molecule has 1 aromatic rings. The molecule has 0 unspecified atom stereocenters. The summed E-state index contributed by atoms with van der Waals surface area (Å²) < 4.78 is 0. The molecule has 3 atom stereocenters. The minimum absolute atomic E-state index is 0.0123. The predicted octanol–water partition coefficient (Wildman–Crippen LogP) is 3.68. The first kappa shape index (κ1) is 22.8. The molecular weight excluding hydrogens is 374 g/mol. The number of rotatable bonds is 6. The maximum atomic E-state index is 12.6. The van der Waals surface area contributed by atoms with Crippen LogP contribution >= 0.6 is 0 Å². The van der Waals surface area contributed by atoms with Gasteiger partial charge < -0.3 is 10.2 Å². The number of nitrogens with one attached hydrogen (secondary N) is 1. The summed E-state index contributed by atoms with van der Waals surface area (Å²) in [4.78, 5) is 29.3. The maximum Gasteiger partial charge on any atom is 0.225 e. The number of amides is 2. The summed E-state index contributed by atoms with van der Waals surface area (Å²) in [6.45, 7) is 13.8. The molecule has 5 heteroatoms. The molecule has 0 bridgehead atoms. The lowest BCUT2D eigenvalue weighted by atomic mass is 9.91. The van der Waals surface area contributed by atoms with E-state index >= 15 is 0 Å². The van der Waals surface area contributed by atoms with Crippen LogP contribution in [0.25, 0.3) is 0 Å². The number of piperidine rings is 2. The van der Waals surface area contributed by atoms with Crippen LogP contribution in [0.4, 0.5) is 0 Å². The molecule has 2 aliphatic heterocycles. The standard InChI is InChI=1S/C25H39N3O2/c1-18(2)25(30)28-11-5-6-23(17-28)24(29)26-13-21-7-9-22(10-8-21)16-27-14-19(3)12-20(4)15-27/h7-10,18-20,23H,5-6,11-17H2,1-4H3,(H,26,29)/t19-,20+,23-/m1/s1. The van der Waals surface area contributed by atoms with E-state index in [4.69, 9.17) is 0 Å². The van der Waals surface area contributed by atoms with Gasteiger partial charge in [-0.1, -0.05) is 52.0 Å². The van der Waals surface area contributed by atoms with Gasteiger partial charge in [0.25, 0.3) is 0 Å². The number of hydrogen-bond acceptors (Lipinski definition) is 3. The smallest absolute Gasteiger partial charge is 0.225 e. The van der Waals surface area contributed by atoms with Crippen molar-refractivity contribution in [2.75, 3.05) is 26.2 Å². The predicted molar refractivity (Wildman–Crippen MR) is 121 cm³/mol. The summed E-state index contributed by atoms with van der Waals surface area (Å²) in [6, 6.07) is 8.63. The molecule has 3 rings (SSSR count). The zero-order chi connectivity index (χ0) is 21.7. The highest BCUT2D eigenvalue weighted by atomic mass is 16.2. The normalized spacial score (nSPS) is 25.4. The van der Waals surface area contributed by atoms with E-state index in [0.29, 0.717) is 13.1 Å². The van der Waals surface area contributed by atoms with Gasteiger partial charge in [0.05, 0.1) is 5.92 Å². The molecule has 0 aromatic heterocycles. The van der Waals surface area contributed by atoms with E-state index < -0.39 is 0 Å². The van der Waals surface area contributed by atoms with Crippen LogP contribution in [0.15, 0.2) is 24.3 Å². The lowest BCUT2D eigenvalue weighted by molar-refractivity contribution is -0.138. The van der Waals surface area contributed by atoms with Gasteiger partial charge in [-0.15, -0.1) is 0 Å². The van der Waals surface area contributed by atoms with Crippen molar-refractivity contribution in [1.82, 2.24) is 15.1 Å². The zero-order valence-corrected chi connectivity index (χ0v) is 19.2. The van der Waals surface area contributed by atoms with E-state index in [9.17, 15) is 9.59 Å². The minimum atomic E-state index is -0.0937.